The lowest BCUT2D eigenvalue weighted by Crippen LogP contribution is -2.22. The molecule has 0 bridgehead atoms. The predicted octanol–water partition coefficient (Wildman–Crippen LogP) is 2.57. The van der Waals surface area contributed by atoms with Gasteiger partial charge in [-0.1, -0.05) is 18.2 Å². The third-order valence-corrected chi connectivity index (χ3v) is 3.89. The molecular weight excluding hydrogens is 280 g/mol. The topological polar surface area (TPSA) is 69.9 Å². The average molecular weight is 298 g/mol. The van der Waals surface area contributed by atoms with Crippen molar-refractivity contribution in [3.63, 3.8) is 0 Å². The number of phenols is 1. The zero-order chi connectivity index (χ0) is 15.7. The molecule has 2 aromatic carbocycles. The Morgan fingerprint density at radius 3 is 2.73 bits per heavy atom. The van der Waals surface area contributed by atoms with Gasteiger partial charge in [-0.05, 0) is 41.8 Å². The molecule has 2 unspecified atom stereocenters. The standard InChI is InChI=1S/C18H18O4/c1-2-3-11-4-6-15(20)13(8-11)12-5-7-16-14(9-12)18(21)17(10-19)22-16/h2,4-9,17-21H,1,3,10H2. The summed E-state index contributed by atoms with van der Waals surface area (Å²) in [6, 6.07) is 10.8. The van der Waals surface area contributed by atoms with E-state index in [1.54, 1.807) is 18.2 Å². The molecule has 0 aromatic heterocycles. The van der Waals surface area contributed by atoms with Crippen LogP contribution in [0.4, 0.5) is 0 Å². The maximum absolute atomic E-state index is 10.2. The molecule has 3 N–H and O–H groups in total. The highest BCUT2D eigenvalue weighted by Gasteiger charge is 2.32. The molecule has 3 rings (SSSR count). The Morgan fingerprint density at radius 1 is 1.18 bits per heavy atom. The largest absolute Gasteiger partial charge is 0.507 e. The van der Waals surface area contributed by atoms with E-state index in [0.29, 0.717) is 16.9 Å². The molecule has 0 fully saturated rings. The number of aliphatic hydroxyl groups excluding tert-OH is 2. The fourth-order valence-corrected chi connectivity index (χ4v) is 2.73. The van der Waals surface area contributed by atoms with Gasteiger partial charge in [-0.15, -0.1) is 6.58 Å². The molecule has 22 heavy (non-hydrogen) atoms. The van der Waals surface area contributed by atoms with Crippen LogP contribution < -0.4 is 4.74 Å². The van der Waals surface area contributed by atoms with Gasteiger partial charge in [0.2, 0.25) is 0 Å². The first-order valence-corrected chi connectivity index (χ1v) is 7.16. The first kappa shape index (κ1) is 14.6. The smallest absolute Gasteiger partial charge is 0.152 e. The van der Waals surface area contributed by atoms with Crippen LogP contribution in [0.2, 0.25) is 0 Å². The fourth-order valence-electron chi connectivity index (χ4n) is 2.73. The molecule has 1 aliphatic rings. The number of allylic oxidation sites excluding steroid dienone is 1. The second kappa shape index (κ2) is 5.83. The zero-order valence-electron chi connectivity index (χ0n) is 12.1. The summed E-state index contributed by atoms with van der Waals surface area (Å²) in [5, 5.41) is 29.5. The highest BCUT2D eigenvalue weighted by atomic mass is 16.5. The maximum atomic E-state index is 10.2. The minimum absolute atomic E-state index is 0.180. The van der Waals surface area contributed by atoms with E-state index in [0.717, 1.165) is 17.5 Å². The first-order valence-electron chi connectivity index (χ1n) is 7.16. The molecule has 0 saturated heterocycles. The molecule has 1 aliphatic heterocycles. The number of fused-ring (bicyclic) bond motifs is 1. The third kappa shape index (κ3) is 2.47. The van der Waals surface area contributed by atoms with Crippen LogP contribution in [0.15, 0.2) is 49.1 Å². The van der Waals surface area contributed by atoms with Gasteiger partial charge in [0.1, 0.15) is 17.6 Å². The average Bonchev–Trinajstić information content (AvgIpc) is 2.85. The molecule has 114 valence electrons. The zero-order valence-corrected chi connectivity index (χ0v) is 12.1. The Hall–Kier alpha value is -2.30. The second-order valence-electron chi connectivity index (χ2n) is 5.38. The lowest BCUT2D eigenvalue weighted by atomic mass is 9.97. The van der Waals surface area contributed by atoms with Crippen molar-refractivity contribution in [1.82, 2.24) is 0 Å². The van der Waals surface area contributed by atoms with Gasteiger partial charge in [0.05, 0.1) is 6.61 Å². The summed E-state index contributed by atoms with van der Waals surface area (Å²) in [6.07, 6.45) is 1.03. The van der Waals surface area contributed by atoms with E-state index in [1.807, 2.05) is 24.3 Å². The normalized spacial score (nSPS) is 19.5. The van der Waals surface area contributed by atoms with E-state index in [9.17, 15) is 15.3 Å². The minimum atomic E-state index is -0.863. The van der Waals surface area contributed by atoms with Crippen molar-refractivity contribution < 1.29 is 20.1 Å². The summed E-state index contributed by atoms with van der Waals surface area (Å²) in [4.78, 5) is 0. The van der Waals surface area contributed by atoms with Crippen LogP contribution in [0.5, 0.6) is 11.5 Å². The van der Waals surface area contributed by atoms with E-state index < -0.39 is 12.2 Å². The summed E-state index contributed by atoms with van der Waals surface area (Å²) in [5.41, 5.74) is 3.17. The maximum Gasteiger partial charge on any atom is 0.152 e. The van der Waals surface area contributed by atoms with Crippen LogP contribution in [0, 0.1) is 0 Å². The molecule has 0 aliphatic carbocycles. The summed E-state index contributed by atoms with van der Waals surface area (Å²) >= 11 is 0. The van der Waals surface area contributed by atoms with Crippen molar-refractivity contribution in [2.45, 2.75) is 18.6 Å². The number of aliphatic hydroxyl groups is 2. The van der Waals surface area contributed by atoms with Crippen molar-refractivity contribution >= 4 is 0 Å². The van der Waals surface area contributed by atoms with E-state index in [4.69, 9.17) is 4.74 Å². The van der Waals surface area contributed by atoms with Crippen molar-refractivity contribution in [2.24, 2.45) is 0 Å². The molecule has 0 amide bonds. The minimum Gasteiger partial charge on any atom is -0.507 e. The Kier molecular flexibility index (Phi) is 3.88. The number of ether oxygens (including phenoxy) is 1. The number of aromatic hydroxyl groups is 1. The van der Waals surface area contributed by atoms with Gasteiger partial charge < -0.3 is 20.1 Å². The van der Waals surface area contributed by atoms with Crippen molar-refractivity contribution in [2.75, 3.05) is 6.61 Å². The van der Waals surface area contributed by atoms with E-state index >= 15 is 0 Å². The second-order valence-corrected chi connectivity index (χ2v) is 5.38. The molecule has 0 saturated carbocycles. The van der Waals surface area contributed by atoms with E-state index in [-0.39, 0.29) is 12.4 Å². The van der Waals surface area contributed by atoms with Gasteiger partial charge in [0, 0.05) is 11.1 Å². The van der Waals surface area contributed by atoms with Crippen LogP contribution in [0.1, 0.15) is 17.2 Å². The van der Waals surface area contributed by atoms with Crippen LogP contribution in [0.25, 0.3) is 11.1 Å². The molecule has 2 aromatic rings. The first-order chi connectivity index (χ1) is 10.6. The quantitative estimate of drug-likeness (QED) is 0.759. The van der Waals surface area contributed by atoms with E-state index in [2.05, 4.69) is 6.58 Å². The highest BCUT2D eigenvalue weighted by molar-refractivity contribution is 5.72. The van der Waals surface area contributed by atoms with Crippen molar-refractivity contribution in [3.8, 4) is 22.6 Å². The van der Waals surface area contributed by atoms with Gasteiger partial charge in [-0.2, -0.15) is 0 Å². The summed E-state index contributed by atoms with van der Waals surface area (Å²) in [6.45, 7) is 3.48. The Labute approximate surface area is 128 Å². The van der Waals surface area contributed by atoms with Crippen LogP contribution >= 0.6 is 0 Å². The molecule has 2 atom stereocenters. The number of phenolic OH excluding ortho intramolecular Hbond substituents is 1. The molecule has 4 heteroatoms. The number of rotatable bonds is 4. The van der Waals surface area contributed by atoms with Gasteiger partial charge in [0.25, 0.3) is 0 Å². The monoisotopic (exact) mass is 298 g/mol. The van der Waals surface area contributed by atoms with Crippen molar-refractivity contribution in [1.29, 1.82) is 0 Å². The summed E-state index contributed by atoms with van der Waals surface area (Å²) in [5.74, 6) is 0.747. The van der Waals surface area contributed by atoms with Crippen LogP contribution in [-0.4, -0.2) is 28.0 Å². The molecule has 4 nitrogen and oxygen atoms in total. The number of benzene rings is 2. The SMILES string of the molecule is C=CCc1ccc(O)c(-c2ccc3c(c2)C(O)C(CO)O3)c1. The number of hydrogen-bond acceptors (Lipinski definition) is 4. The Balaban J connectivity index is 2.02. The van der Waals surface area contributed by atoms with Crippen molar-refractivity contribution in [3.05, 3.63) is 60.2 Å². The van der Waals surface area contributed by atoms with Gasteiger partial charge in [-0.3, -0.25) is 0 Å². The molecule has 1 heterocycles. The number of hydrogen-bond donors (Lipinski definition) is 3. The Morgan fingerprint density at radius 2 is 2.00 bits per heavy atom. The Bertz CT molecular complexity index is 708. The van der Waals surface area contributed by atoms with Gasteiger partial charge in [-0.25, -0.2) is 0 Å². The third-order valence-electron chi connectivity index (χ3n) is 3.89. The lowest BCUT2D eigenvalue weighted by Gasteiger charge is -2.10. The highest BCUT2D eigenvalue weighted by Crippen LogP contribution is 2.40. The van der Waals surface area contributed by atoms with Crippen LogP contribution in [-0.2, 0) is 6.42 Å². The van der Waals surface area contributed by atoms with Crippen LogP contribution in [0.3, 0.4) is 0 Å². The molecule has 0 spiro atoms. The molecule has 0 radical (unpaired) electrons. The van der Waals surface area contributed by atoms with Gasteiger partial charge >= 0.3 is 0 Å². The fraction of sp³-hybridized carbons (Fsp3) is 0.222. The summed E-state index contributed by atoms with van der Waals surface area (Å²) < 4.78 is 5.48. The van der Waals surface area contributed by atoms with Gasteiger partial charge in [0.15, 0.2) is 6.10 Å². The lowest BCUT2D eigenvalue weighted by molar-refractivity contribution is 0.0278. The predicted molar refractivity (Wildman–Crippen MR) is 83.9 cm³/mol. The molecular formula is C18H18O4. The summed E-state index contributed by atoms with van der Waals surface area (Å²) in [7, 11) is 0. The van der Waals surface area contributed by atoms with E-state index in [1.165, 1.54) is 0 Å².